The number of allylic oxidation sites excluding steroid dienone is 4. The zero-order chi connectivity index (χ0) is 32.5. The number of hydrazone groups is 1. The average Bonchev–Trinajstić information content (AvgIpc) is 3.45. The highest BCUT2D eigenvalue weighted by Crippen LogP contribution is 2.26. The molecule has 0 fully saturated rings. The standard InChI is InChI=1S/C31H26N4O8S2/c1-20-28(30(36)34(32-20)24-10-14-26(15-11-24)44(38,39)40)18-8-23(22-6-4-3-5-7-22)9-19-29-21(2)33-35(31(29)37)25-12-16-27(17-13-25)45(41,42)43/h3-19,32H,1-2H3,(H,38,39,40)(H,41,42,43)/b18-8+,23-9+,29-19-. The van der Waals surface area contributed by atoms with Crippen molar-refractivity contribution in [2.75, 3.05) is 5.01 Å². The molecule has 0 radical (unpaired) electrons. The third-order valence-corrected chi connectivity index (χ3v) is 8.65. The molecule has 0 bridgehead atoms. The molecule has 4 aromatic rings. The van der Waals surface area contributed by atoms with E-state index in [-0.39, 0.29) is 9.79 Å². The maximum atomic E-state index is 13.3. The molecule has 230 valence electrons. The van der Waals surface area contributed by atoms with Crippen molar-refractivity contribution in [2.45, 2.75) is 23.6 Å². The van der Waals surface area contributed by atoms with Crippen molar-refractivity contribution in [2.24, 2.45) is 5.10 Å². The van der Waals surface area contributed by atoms with Crippen molar-refractivity contribution in [1.82, 2.24) is 9.78 Å². The number of H-pyrrole nitrogens is 1. The number of hydrogen-bond donors (Lipinski definition) is 3. The van der Waals surface area contributed by atoms with Crippen LogP contribution in [0, 0.1) is 6.92 Å². The summed E-state index contributed by atoms with van der Waals surface area (Å²) in [5.74, 6) is -0.441. The Morgan fingerprint density at radius 3 is 1.91 bits per heavy atom. The third-order valence-electron chi connectivity index (χ3n) is 6.92. The van der Waals surface area contributed by atoms with Gasteiger partial charge in [-0.15, -0.1) is 0 Å². The summed E-state index contributed by atoms with van der Waals surface area (Å²) in [5.41, 5.74) is 3.38. The maximum absolute atomic E-state index is 13.3. The molecular weight excluding hydrogens is 620 g/mol. The monoisotopic (exact) mass is 646 g/mol. The van der Waals surface area contributed by atoms with Gasteiger partial charge >= 0.3 is 0 Å². The Bertz CT molecular complexity index is 2190. The highest BCUT2D eigenvalue weighted by Gasteiger charge is 2.28. The predicted octanol–water partition coefficient (Wildman–Crippen LogP) is 4.41. The fourth-order valence-corrected chi connectivity index (χ4v) is 5.53. The number of nitrogens with one attached hydrogen (secondary N) is 1. The number of aryl methyl sites for hydroxylation is 1. The van der Waals surface area contributed by atoms with Crippen LogP contribution in [0.15, 0.2) is 122 Å². The smallest absolute Gasteiger partial charge is 0.294 e. The van der Waals surface area contributed by atoms with Gasteiger partial charge in [-0.3, -0.25) is 23.8 Å². The Kier molecular flexibility index (Phi) is 8.40. The van der Waals surface area contributed by atoms with E-state index in [1.807, 2.05) is 30.3 Å². The lowest BCUT2D eigenvalue weighted by Crippen LogP contribution is -2.21. The molecule has 5 rings (SSSR count). The predicted molar refractivity (Wildman–Crippen MR) is 169 cm³/mol. The van der Waals surface area contributed by atoms with Crippen LogP contribution in [0.5, 0.6) is 0 Å². The van der Waals surface area contributed by atoms with Gasteiger partial charge in [-0.25, -0.2) is 4.68 Å². The highest BCUT2D eigenvalue weighted by molar-refractivity contribution is 7.86. The molecule has 0 unspecified atom stereocenters. The van der Waals surface area contributed by atoms with E-state index in [9.17, 15) is 35.5 Å². The number of carbonyl (C=O) groups excluding carboxylic acids is 1. The quantitative estimate of drug-likeness (QED) is 0.143. The number of nitrogens with zero attached hydrogens (tertiary/aromatic N) is 3. The summed E-state index contributed by atoms with van der Waals surface area (Å²) in [7, 11) is -8.77. The second-order valence-electron chi connectivity index (χ2n) is 9.93. The van der Waals surface area contributed by atoms with Gasteiger partial charge in [0, 0.05) is 5.69 Å². The van der Waals surface area contributed by atoms with Crippen LogP contribution < -0.4 is 10.6 Å². The first-order valence-electron chi connectivity index (χ1n) is 13.3. The normalized spacial score (nSPS) is 15.3. The molecule has 1 aliphatic rings. The van der Waals surface area contributed by atoms with Crippen LogP contribution >= 0.6 is 0 Å². The fraction of sp³-hybridized carbons (Fsp3) is 0.0645. The van der Waals surface area contributed by atoms with Crippen molar-refractivity contribution in [3.63, 3.8) is 0 Å². The molecule has 0 aliphatic carbocycles. The number of rotatable bonds is 8. The topological polar surface area (TPSA) is 179 Å². The largest absolute Gasteiger partial charge is 0.295 e. The van der Waals surface area contributed by atoms with Crippen molar-refractivity contribution in [3.8, 4) is 5.69 Å². The summed E-state index contributed by atoms with van der Waals surface area (Å²) >= 11 is 0. The Morgan fingerprint density at radius 1 is 0.800 bits per heavy atom. The van der Waals surface area contributed by atoms with Crippen molar-refractivity contribution in [1.29, 1.82) is 0 Å². The molecule has 3 aromatic carbocycles. The van der Waals surface area contributed by atoms with Gasteiger partial charge in [0.2, 0.25) is 0 Å². The Morgan fingerprint density at radius 2 is 1.36 bits per heavy atom. The Hall–Kier alpha value is -5.15. The molecule has 0 atom stereocenters. The van der Waals surface area contributed by atoms with Crippen LogP contribution in [-0.4, -0.2) is 47.3 Å². The highest BCUT2D eigenvalue weighted by atomic mass is 32.2. The van der Waals surface area contributed by atoms with Gasteiger partial charge in [0.05, 0.1) is 38.0 Å². The maximum Gasteiger partial charge on any atom is 0.294 e. The number of amides is 1. The van der Waals surface area contributed by atoms with Gasteiger partial charge in [-0.05, 0) is 85.7 Å². The second kappa shape index (κ2) is 12.1. The molecule has 1 amide bonds. The molecule has 0 saturated carbocycles. The molecule has 3 N–H and O–H groups in total. The van der Waals surface area contributed by atoms with E-state index in [0.29, 0.717) is 39.5 Å². The Balaban J connectivity index is 1.47. The SMILES string of the molecule is CC1=NN(c2ccc(S(=O)(=O)O)cc2)C(=O)\C1=C/C=C(\C=C\c1c(C)[nH]n(-c2ccc(S(=O)(=O)O)cc2)c1=O)c1ccccc1. The van der Waals surface area contributed by atoms with Gasteiger partial charge in [-0.1, -0.05) is 42.5 Å². The van der Waals surface area contributed by atoms with Crippen LogP contribution in [0.4, 0.5) is 5.69 Å². The van der Waals surface area contributed by atoms with Crippen LogP contribution in [0.2, 0.25) is 0 Å². The summed E-state index contributed by atoms with van der Waals surface area (Å²) < 4.78 is 65.2. The number of aromatic amines is 1. The first-order chi connectivity index (χ1) is 21.2. The van der Waals surface area contributed by atoms with E-state index in [2.05, 4.69) is 10.2 Å². The summed E-state index contributed by atoms with van der Waals surface area (Å²) in [6.07, 6.45) is 6.69. The molecule has 0 saturated heterocycles. The summed E-state index contributed by atoms with van der Waals surface area (Å²) in [5, 5.41) is 8.41. The molecule has 2 heterocycles. The van der Waals surface area contributed by atoms with Gasteiger partial charge < -0.3 is 0 Å². The van der Waals surface area contributed by atoms with E-state index >= 15 is 0 Å². The van der Waals surface area contributed by atoms with Crippen molar-refractivity contribution in [3.05, 3.63) is 130 Å². The van der Waals surface area contributed by atoms with E-state index in [1.165, 1.54) is 53.2 Å². The minimum atomic E-state index is -4.39. The van der Waals surface area contributed by atoms with E-state index in [0.717, 1.165) is 10.6 Å². The van der Waals surface area contributed by atoms with Crippen LogP contribution in [0.3, 0.4) is 0 Å². The minimum absolute atomic E-state index is 0.296. The molecule has 0 spiro atoms. The van der Waals surface area contributed by atoms with Crippen LogP contribution in [0.25, 0.3) is 17.3 Å². The molecule has 1 aromatic heterocycles. The summed E-state index contributed by atoms with van der Waals surface area (Å²) in [6.45, 7) is 3.38. The molecule has 14 heteroatoms. The van der Waals surface area contributed by atoms with Gasteiger partial charge in [-0.2, -0.15) is 26.9 Å². The van der Waals surface area contributed by atoms with Gasteiger partial charge in [0.1, 0.15) is 0 Å². The lowest BCUT2D eigenvalue weighted by molar-refractivity contribution is -0.114. The molecule has 12 nitrogen and oxygen atoms in total. The lowest BCUT2D eigenvalue weighted by atomic mass is 10.0. The molecule has 45 heavy (non-hydrogen) atoms. The first kappa shape index (κ1) is 31.3. The zero-order valence-electron chi connectivity index (χ0n) is 23.8. The number of aromatic nitrogens is 2. The van der Waals surface area contributed by atoms with Gasteiger partial charge in [0.25, 0.3) is 31.7 Å². The number of benzene rings is 3. The molecule has 1 aliphatic heterocycles. The summed E-state index contributed by atoms with van der Waals surface area (Å²) in [6, 6.07) is 19.5. The number of anilines is 1. The van der Waals surface area contributed by atoms with Crippen molar-refractivity contribution < 1.29 is 30.7 Å². The van der Waals surface area contributed by atoms with E-state index in [1.54, 1.807) is 38.2 Å². The number of hydrogen-bond acceptors (Lipinski definition) is 7. The third kappa shape index (κ3) is 6.68. The molecular formula is C31H26N4O8S2. The summed E-state index contributed by atoms with van der Waals surface area (Å²) in [4.78, 5) is 25.9. The first-order valence-corrected chi connectivity index (χ1v) is 16.1. The van der Waals surface area contributed by atoms with Crippen LogP contribution in [-0.2, 0) is 25.0 Å². The lowest BCUT2D eigenvalue weighted by Gasteiger charge is -2.11. The van der Waals surface area contributed by atoms with Gasteiger partial charge in [0.15, 0.2) is 0 Å². The van der Waals surface area contributed by atoms with E-state index < -0.39 is 31.7 Å². The second-order valence-corrected chi connectivity index (χ2v) is 12.8. The van der Waals surface area contributed by atoms with E-state index in [4.69, 9.17) is 0 Å². The van der Waals surface area contributed by atoms with Crippen LogP contribution in [0.1, 0.15) is 23.7 Å². The minimum Gasteiger partial charge on any atom is -0.295 e. The fourth-order valence-electron chi connectivity index (χ4n) is 4.57. The Labute approximate surface area is 258 Å². The number of carbonyl (C=O) groups is 1. The average molecular weight is 647 g/mol. The zero-order valence-corrected chi connectivity index (χ0v) is 25.5. The van der Waals surface area contributed by atoms with Crippen molar-refractivity contribution >= 4 is 49.2 Å².